The average Bonchev–Trinajstić information content (AvgIpc) is 2.21. The van der Waals surface area contributed by atoms with Gasteiger partial charge in [0.05, 0.1) is 5.52 Å². The van der Waals surface area contributed by atoms with Gasteiger partial charge in [0.15, 0.2) is 0 Å². The molecule has 1 aromatic carbocycles. The van der Waals surface area contributed by atoms with Gasteiger partial charge in [0.25, 0.3) is 0 Å². The van der Waals surface area contributed by atoms with Crippen molar-refractivity contribution in [1.82, 2.24) is 4.98 Å². The van der Waals surface area contributed by atoms with E-state index in [1.807, 2.05) is 20.0 Å². The number of nitrogens with zero attached hydrogens (tertiary/aromatic N) is 1. The Morgan fingerprint density at radius 2 is 1.86 bits per heavy atom. The van der Waals surface area contributed by atoms with E-state index >= 15 is 0 Å². The Kier molecular flexibility index (Phi) is 4.08. The highest BCUT2D eigenvalue weighted by Gasteiger charge is 1.94. The van der Waals surface area contributed by atoms with Crippen LogP contribution in [0, 0.1) is 6.92 Å². The van der Waals surface area contributed by atoms with Gasteiger partial charge in [0.1, 0.15) is 0 Å². The summed E-state index contributed by atoms with van der Waals surface area (Å²) < 4.78 is 1.03. The number of rotatable bonds is 0. The lowest BCUT2D eigenvalue weighted by atomic mass is 10.1. The van der Waals surface area contributed by atoms with Crippen LogP contribution in [-0.4, -0.2) is 4.98 Å². The third kappa shape index (κ3) is 2.55. The molecule has 1 aromatic heterocycles. The molecular formula is C12H14BrN. The number of fused-ring (bicyclic) bond motifs is 1. The van der Waals surface area contributed by atoms with Crippen molar-refractivity contribution in [3.8, 4) is 0 Å². The molecule has 0 saturated heterocycles. The molecule has 0 atom stereocenters. The summed E-state index contributed by atoms with van der Waals surface area (Å²) >= 11 is 3.39. The molecule has 0 fully saturated rings. The molecule has 0 unspecified atom stereocenters. The van der Waals surface area contributed by atoms with Crippen molar-refractivity contribution < 1.29 is 0 Å². The van der Waals surface area contributed by atoms with Gasteiger partial charge < -0.3 is 0 Å². The molecule has 0 aliphatic rings. The predicted molar refractivity (Wildman–Crippen MR) is 65.5 cm³/mol. The van der Waals surface area contributed by atoms with E-state index in [9.17, 15) is 0 Å². The van der Waals surface area contributed by atoms with Gasteiger partial charge in [-0.1, -0.05) is 26.0 Å². The molecule has 1 heterocycles. The van der Waals surface area contributed by atoms with Gasteiger partial charge in [-0.3, -0.25) is 4.98 Å². The van der Waals surface area contributed by atoms with Crippen molar-refractivity contribution in [2.45, 2.75) is 20.8 Å². The lowest BCUT2D eigenvalue weighted by molar-refractivity contribution is 1.37. The zero-order chi connectivity index (χ0) is 10.6. The van der Waals surface area contributed by atoms with E-state index in [0.717, 1.165) is 9.99 Å². The van der Waals surface area contributed by atoms with Crippen LogP contribution in [-0.2, 0) is 0 Å². The third-order valence-corrected chi connectivity index (χ3v) is 2.24. The summed E-state index contributed by atoms with van der Waals surface area (Å²) in [6.07, 6.45) is 1.82. The largest absolute Gasteiger partial charge is 0.255 e. The summed E-state index contributed by atoms with van der Waals surface area (Å²) in [7, 11) is 0. The summed E-state index contributed by atoms with van der Waals surface area (Å²) in [5.41, 5.74) is 2.30. The molecule has 2 aromatic rings. The Labute approximate surface area is 93.3 Å². The first kappa shape index (κ1) is 11.2. The Morgan fingerprint density at radius 3 is 2.57 bits per heavy atom. The van der Waals surface area contributed by atoms with Crippen LogP contribution in [0.15, 0.2) is 34.9 Å². The topological polar surface area (TPSA) is 12.9 Å². The lowest BCUT2D eigenvalue weighted by Crippen LogP contribution is -1.79. The highest BCUT2D eigenvalue weighted by Crippen LogP contribution is 2.17. The summed E-state index contributed by atoms with van der Waals surface area (Å²) in [6, 6.07) is 8.34. The van der Waals surface area contributed by atoms with Gasteiger partial charge in [-0.2, -0.15) is 0 Å². The minimum atomic E-state index is 1.03. The van der Waals surface area contributed by atoms with Crippen LogP contribution < -0.4 is 0 Å². The first-order valence-corrected chi connectivity index (χ1v) is 5.57. The Balaban J connectivity index is 0.000000461. The summed E-state index contributed by atoms with van der Waals surface area (Å²) in [6.45, 7) is 6.07. The maximum Gasteiger partial charge on any atom is 0.0705 e. The molecule has 14 heavy (non-hydrogen) atoms. The fourth-order valence-electron chi connectivity index (χ4n) is 1.20. The van der Waals surface area contributed by atoms with E-state index in [-0.39, 0.29) is 0 Å². The zero-order valence-corrected chi connectivity index (χ0v) is 10.3. The molecule has 1 nitrogen and oxygen atoms in total. The highest BCUT2D eigenvalue weighted by atomic mass is 79.9. The molecule has 0 spiro atoms. The van der Waals surface area contributed by atoms with Crippen LogP contribution in [0.5, 0.6) is 0 Å². The van der Waals surface area contributed by atoms with Crippen LogP contribution in [0.25, 0.3) is 10.9 Å². The van der Waals surface area contributed by atoms with Crippen LogP contribution >= 0.6 is 15.9 Å². The third-order valence-electron chi connectivity index (χ3n) is 1.81. The number of aryl methyl sites for hydroxylation is 1. The fraction of sp³-hybridized carbons (Fsp3) is 0.250. The predicted octanol–water partition coefficient (Wildman–Crippen LogP) is 4.33. The van der Waals surface area contributed by atoms with Crippen molar-refractivity contribution in [3.05, 3.63) is 40.5 Å². The second-order valence-electron chi connectivity index (χ2n) is 2.85. The quantitative estimate of drug-likeness (QED) is 0.679. The molecule has 74 valence electrons. The molecule has 0 aliphatic carbocycles. The summed E-state index contributed by atoms with van der Waals surface area (Å²) in [5.74, 6) is 0. The van der Waals surface area contributed by atoms with Crippen molar-refractivity contribution in [1.29, 1.82) is 0 Å². The Morgan fingerprint density at radius 1 is 1.14 bits per heavy atom. The Hall–Kier alpha value is -0.890. The number of hydrogen-bond acceptors (Lipinski definition) is 1. The van der Waals surface area contributed by atoms with E-state index in [2.05, 4.69) is 52.1 Å². The van der Waals surface area contributed by atoms with E-state index in [1.165, 1.54) is 10.9 Å². The number of halogens is 1. The second-order valence-corrected chi connectivity index (χ2v) is 3.77. The molecule has 0 bridgehead atoms. The van der Waals surface area contributed by atoms with Gasteiger partial charge in [0, 0.05) is 16.1 Å². The summed E-state index contributed by atoms with van der Waals surface area (Å²) in [4.78, 5) is 4.29. The van der Waals surface area contributed by atoms with E-state index in [0.29, 0.717) is 0 Å². The average molecular weight is 252 g/mol. The van der Waals surface area contributed by atoms with Crippen LogP contribution in [0.2, 0.25) is 0 Å². The van der Waals surface area contributed by atoms with Crippen molar-refractivity contribution in [3.63, 3.8) is 0 Å². The Bertz CT molecular complexity index is 382. The smallest absolute Gasteiger partial charge is 0.0705 e. The lowest BCUT2D eigenvalue weighted by Gasteiger charge is -1.98. The molecule has 0 radical (unpaired) electrons. The van der Waals surface area contributed by atoms with Crippen molar-refractivity contribution in [2.75, 3.05) is 0 Å². The van der Waals surface area contributed by atoms with Gasteiger partial charge in [-0.15, -0.1) is 0 Å². The number of hydrogen-bond donors (Lipinski definition) is 0. The number of benzene rings is 1. The molecule has 2 rings (SSSR count). The normalized spacial score (nSPS) is 9.43. The highest BCUT2D eigenvalue weighted by molar-refractivity contribution is 9.10. The molecule has 0 N–H and O–H groups in total. The van der Waals surface area contributed by atoms with Crippen molar-refractivity contribution in [2.24, 2.45) is 0 Å². The number of pyridine rings is 1. The SMILES string of the molecule is CC.Cc1ccc2cc(Br)cnc2c1. The zero-order valence-electron chi connectivity index (χ0n) is 8.71. The standard InChI is InChI=1S/C10H8BrN.C2H6/c1-7-2-3-8-5-9(11)6-12-10(8)4-7;1-2/h2-6H,1H3;1-2H3. The van der Waals surface area contributed by atoms with Gasteiger partial charge in [-0.25, -0.2) is 0 Å². The van der Waals surface area contributed by atoms with E-state index in [4.69, 9.17) is 0 Å². The maximum atomic E-state index is 4.29. The molecule has 0 amide bonds. The number of aromatic nitrogens is 1. The molecule has 2 heteroatoms. The van der Waals surface area contributed by atoms with Gasteiger partial charge >= 0.3 is 0 Å². The first-order chi connectivity index (χ1) is 6.75. The molecule has 0 aliphatic heterocycles. The van der Waals surface area contributed by atoms with Crippen LogP contribution in [0.3, 0.4) is 0 Å². The molecular weight excluding hydrogens is 238 g/mol. The van der Waals surface area contributed by atoms with Gasteiger partial charge in [0.2, 0.25) is 0 Å². The monoisotopic (exact) mass is 251 g/mol. The minimum Gasteiger partial charge on any atom is -0.255 e. The van der Waals surface area contributed by atoms with E-state index < -0.39 is 0 Å². The summed E-state index contributed by atoms with van der Waals surface area (Å²) in [5, 5.41) is 1.18. The van der Waals surface area contributed by atoms with Crippen molar-refractivity contribution >= 4 is 26.8 Å². The molecule has 0 saturated carbocycles. The fourth-order valence-corrected chi connectivity index (χ4v) is 1.55. The van der Waals surface area contributed by atoms with Gasteiger partial charge in [-0.05, 0) is 40.5 Å². The van der Waals surface area contributed by atoms with E-state index in [1.54, 1.807) is 0 Å². The second kappa shape index (κ2) is 5.11. The minimum absolute atomic E-state index is 1.03. The van der Waals surface area contributed by atoms with Crippen LogP contribution in [0.1, 0.15) is 19.4 Å². The maximum absolute atomic E-state index is 4.29. The first-order valence-electron chi connectivity index (χ1n) is 4.77. The van der Waals surface area contributed by atoms with Crippen LogP contribution in [0.4, 0.5) is 0 Å².